The molecule has 1 atom stereocenters. The Kier molecular flexibility index (Phi) is 4.68. The second kappa shape index (κ2) is 6.68. The summed E-state index contributed by atoms with van der Waals surface area (Å²) in [6, 6.07) is 4.79. The van der Waals surface area contributed by atoms with Gasteiger partial charge in [-0.15, -0.1) is 0 Å². The van der Waals surface area contributed by atoms with E-state index in [1.165, 1.54) is 12.3 Å². The molecule has 0 aliphatic carbocycles. The zero-order valence-electron chi connectivity index (χ0n) is 11.1. The summed E-state index contributed by atoms with van der Waals surface area (Å²) >= 11 is 0. The monoisotopic (exact) mass is 272 g/mol. The Morgan fingerprint density at radius 3 is 3.05 bits per heavy atom. The largest absolute Gasteiger partial charge is 0.467 e. The molecule has 104 valence electrons. The number of furan rings is 1. The van der Waals surface area contributed by atoms with E-state index in [1.807, 2.05) is 13.0 Å². The fourth-order valence-corrected chi connectivity index (χ4v) is 1.76. The molecule has 2 N–H and O–H groups in total. The predicted octanol–water partition coefficient (Wildman–Crippen LogP) is 1.85. The van der Waals surface area contributed by atoms with Gasteiger partial charge in [0.15, 0.2) is 0 Å². The molecule has 0 fully saturated rings. The van der Waals surface area contributed by atoms with Crippen molar-refractivity contribution in [3.8, 4) is 0 Å². The molecule has 5 heteroatoms. The molecule has 2 rings (SSSR count). The van der Waals surface area contributed by atoms with Gasteiger partial charge in [0.1, 0.15) is 11.8 Å². The Bertz CT molecular complexity index is 591. The van der Waals surface area contributed by atoms with Gasteiger partial charge in [0, 0.05) is 18.5 Å². The minimum absolute atomic E-state index is 0.223. The molecule has 2 aromatic rings. The molecule has 0 aliphatic rings. The normalized spacial score (nSPS) is 12.5. The Morgan fingerprint density at radius 2 is 2.40 bits per heavy atom. The lowest BCUT2D eigenvalue weighted by atomic mass is 10.2. The third-order valence-electron chi connectivity index (χ3n) is 2.71. The minimum Gasteiger partial charge on any atom is -0.467 e. The van der Waals surface area contributed by atoms with Crippen molar-refractivity contribution in [2.24, 2.45) is 0 Å². The number of aryl methyl sites for hydroxylation is 1. The molecule has 0 saturated carbocycles. The number of pyridine rings is 1. The van der Waals surface area contributed by atoms with Crippen LogP contribution in [0.5, 0.6) is 0 Å². The van der Waals surface area contributed by atoms with Gasteiger partial charge in [0.05, 0.1) is 12.9 Å². The van der Waals surface area contributed by atoms with E-state index in [2.05, 4.69) is 10.3 Å². The van der Waals surface area contributed by atoms with Gasteiger partial charge in [0.25, 0.3) is 0 Å². The molecule has 0 spiro atoms. The lowest BCUT2D eigenvalue weighted by Gasteiger charge is -2.11. The molecule has 2 heterocycles. The van der Waals surface area contributed by atoms with Crippen molar-refractivity contribution in [3.05, 3.63) is 59.8 Å². The number of carbonyl (C=O) groups excluding carboxylic acids is 1. The summed E-state index contributed by atoms with van der Waals surface area (Å²) in [7, 11) is 0. The molecule has 1 unspecified atom stereocenters. The topological polar surface area (TPSA) is 75.4 Å². The van der Waals surface area contributed by atoms with E-state index < -0.39 is 6.04 Å². The highest BCUT2D eigenvalue weighted by molar-refractivity contribution is 5.91. The van der Waals surface area contributed by atoms with Gasteiger partial charge in [-0.3, -0.25) is 9.78 Å². The van der Waals surface area contributed by atoms with Crippen LogP contribution in [0.1, 0.15) is 22.9 Å². The van der Waals surface area contributed by atoms with Crippen molar-refractivity contribution in [2.75, 3.05) is 6.61 Å². The summed E-state index contributed by atoms with van der Waals surface area (Å²) in [6.07, 6.45) is 8.00. The van der Waals surface area contributed by atoms with Gasteiger partial charge in [-0.1, -0.05) is 0 Å². The maximum absolute atomic E-state index is 11.8. The van der Waals surface area contributed by atoms with Crippen LogP contribution < -0.4 is 5.32 Å². The zero-order valence-corrected chi connectivity index (χ0v) is 11.1. The fourth-order valence-electron chi connectivity index (χ4n) is 1.76. The van der Waals surface area contributed by atoms with E-state index >= 15 is 0 Å². The highest BCUT2D eigenvalue weighted by Crippen LogP contribution is 2.12. The summed E-state index contributed by atoms with van der Waals surface area (Å²) < 4.78 is 5.16. The number of amides is 1. The molecule has 0 saturated heterocycles. The lowest BCUT2D eigenvalue weighted by Crippen LogP contribution is -2.28. The van der Waals surface area contributed by atoms with Crippen LogP contribution in [-0.4, -0.2) is 22.6 Å². The SMILES string of the molecule is Cc1cncc(/C=C/C(=O)NC(CO)c2ccco2)c1. The summed E-state index contributed by atoms with van der Waals surface area (Å²) in [5, 5.41) is 11.9. The van der Waals surface area contributed by atoms with Crippen LogP contribution in [0.2, 0.25) is 0 Å². The van der Waals surface area contributed by atoms with Crippen molar-refractivity contribution in [1.29, 1.82) is 0 Å². The summed E-state index contributed by atoms with van der Waals surface area (Å²) in [4.78, 5) is 15.8. The number of nitrogens with one attached hydrogen (secondary N) is 1. The average Bonchev–Trinajstić information content (AvgIpc) is 2.96. The minimum atomic E-state index is -0.544. The quantitative estimate of drug-likeness (QED) is 0.814. The van der Waals surface area contributed by atoms with Crippen LogP contribution in [0.3, 0.4) is 0 Å². The Labute approximate surface area is 117 Å². The predicted molar refractivity (Wildman–Crippen MR) is 74.7 cm³/mol. The second-order valence-corrected chi connectivity index (χ2v) is 4.39. The lowest BCUT2D eigenvalue weighted by molar-refractivity contribution is -0.117. The van der Waals surface area contributed by atoms with Gasteiger partial charge >= 0.3 is 0 Å². The number of rotatable bonds is 5. The number of aromatic nitrogens is 1. The van der Waals surface area contributed by atoms with Crippen LogP contribution in [0, 0.1) is 6.92 Å². The van der Waals surface area contributed by atoms with Crippen molar-refractivity contribution in [3.63, 3.8) is 0 Å². The van der Waals surface area contributed by atoms with E-state index in [0.29, 0.717) is 5.76 Å². The molecule has 5 nitrogen and oxygen atoms in total. The van der Waals surface area contributed by atoms with Crippen molar-refractivity contribution in [2.45, 2.75) is 13.0 Å². The smallest absolute Gasteiger partial charge is 0.244 e. The molecular formula is C15H16N2O3. The number of aliphatic hydroxyl groups excluding tert-OH is 1. The first-order valence-corrected chi connectivity index (χ1v) is 6.23. The molecular weight excluding hydrogens is 256 g/mol. The van der Waals surface area contributed by atoms with Gasteiger partial charge < -0.3 is 14.8 Å². The first kappa shape index (κ1) is 14.0. The van der Waals surface area contributed by atoms with Crippen LogP contribution in [-0.2, 0) is 4.79 Å². The highest BCUT2D eigenvalue weighted by atomic mass is 16.3. The summed E-state index contributed by atoms with van der Waals surface area (Å²) in [5.74, 6) is 0.216. The summed E-state index contributed by atoms with van der Waals surface area (Å²) in [5.41, 5.74) is 1.87. The van der Waals surface area contributed by atoms with Gasteiger partial charge in [-0.25, -0.2) is 0 Å². The fraction of sp³-hybridized carbons (Fsp3) is 0.200. The molecule has 20 heavy (non-hydrogen) atoms. The molecule has 0 aliphatic heterocycles. The standard InChI is InChI=1S/C15H16N2O3/c1-11-7-12(9-16-8-11)4-5-15(19)17-13(10-18)14-3-2-6-20-14/h2-9,13,18H,10H2,1H3,(H,17,19)/b5-4+. The summed E-state index contributed by atoms with van der Waals surface area (Å²) in [6.45, 7) is 1.71. The molecule has 1 amide bonds. The van der Waals surface area contributed by atoms with E-state index in [9.17, 15) is 9.90 Å². The third kappa shape index (κ3) is 3.80. The van der Waals surface area contributed by atoms with Crippen LogP contribution in [0.25, 0.3) is 6.08 Å². The molecule has 0 bridgehead atoms. The van der Waals surface area contributed by atoms with Crippen LogP contribution in [0.4, 0.5) is 0 Å². The van der Waals surface area contributed by atoms with E-state index in [1.54, 1.807) is 30.6 Å². The molecule has 0 aromatic carbocycles. The third-order valence-corrected chi connectivity index (χ3v) is 2.71. The maximum atomic E-state index is 11.8. The Hall–Kier alpha value is -2.40. The zero-order chi connectivity index (χ0) is 14.4. The second-order valence-electron chi connectivity index (χ2n) is 4.39. The van der Waals surface area contributed by atoms with E-state index in [4.69, 9.17) is 4.42 Å². The Morgan fingerprint density at radius 1 is 1.55 bits per heavy atom. The van der Waals surface area contributed by atoms with Gasteiger partial charge in [0.2, 0.25) is 5.91 Å². The van der Waals surface area contributed by atoms with Crippen LogP contribution in [0.15, 0.2) is 47.3 Å². The Balaban J connectivity index is 1.98. The number of hydrogen-bond acceptors (Lipinski definition) is 4. The van der Waals surface area contributed by atoms with E-state index in [0.717, 1.165) is 11.1 Å². The first-order chi connectivity index (χ1) is 9.69. The maximum Gasteiger partial charge on any atom is 0.244 e. The van der Waals surface area contributed by atoms with Crippen LogP contribution >= 0.6 is 0 Å². The number of hydrogen-bond donors (Lipinski definition) is 2. The molecule has 0 radical (unpaired) electrons. The van der Waals surface area contributed by atoms with Crippen molar-refractivity contribution < 1.29 is 14.3 Å². The molecule has 2 aromatic heterocycles. The average molecular weight is 272 g/mol. The van der Waals surface area contributed by atoms with Crippen molar-refractivity contribution in [1.82, 2.24) is 10.3 Å². The number of nitrogens with zero attached hydrogens (tertiary/aromatic N) is 1. The van der Waals surface area contributed by atoms with Crippen molar-refractivity contribution >= 4 is 12.0 Å². The van der Waals surface area contributed by atoms with Gasteiger partial charge in [-0.05, 0) is 42.3 Å². The number of aliphatic hydroxyl groups is 1. The van der Waals surface area contributed by atoms with E-state index in [-0.39, 0.29) is 12.5 Å². The van der Waals surface area contributed by atoms with Gasteiger partial charge in [-0.2, -0.15) is 0 Å². The highest BCUT2D eigenvalue weighted by Gasteiger charge is 2.14. The number of carbonyl (C=O) groups is 1. The first-order valence-electron chi connectivity index (χ1n) is 6.23.